The van der Waals surface area contributed by atoms with Crippen LogP contribution in [0.5, 0.6) is 0 Å². The molecule has 1 N–H and O–H groups in total. The van der Waals surface area contributed by atoms with Crippen molar-refractivity contribution in [2.75, 3.05) is 5.32 Å². The molecule has 0 bridgehead atoms. The number of aryl methyl sites for hydroxylation is 1. The molecular formula is C15H14ClN3. The van der Waals surface area contributed by atoms with E-state index in [2.05, 4.69) is 16.5 Å². The third-order valence-electron chi connectivity index (χ3n) is 3.06. The molecule has 19 heavy (non-hydrogen) atoms. The third kappa shape index (κ3) is 2.56. The van der Waals surface area contributed by atoms with E-state index < -0.39 is 0 Å². The molecule has 3 rings (SSSR count). The van der Waals surface area contributed by atoms with Gasteiger partial charge in [-0.05, 0) is 29.8 Å². The predicted molar refractivity (Wildman–Crippen MR) is 79.5 cm³/mol. The van der Waals surface area contributed by atoms with Gasteiger partial charge in [0.1, 0.15) is 0 Å². The van der Waals surface area contributed by atoms with Crippen LogP contribution in [0, 0.1) is 0 Å². The molecule has 96 valence electrons. The first-order valence-electron chi connectivity index (χ1n) is 6.13. The zero-order valence-electron chi connectivity index (χ0n) is 10.6. The van der Waals surface area contributed by atoms with E-state index >= 15 is 0 Å². The highest BCUT2D eigenvalue weighted by atomic mass is 35.5. The van der Waals surface area contributed by atoms with Crippen molar-refractivity contribution in [1.82, 2.24) is 9.78 Å². The molecule has 1 aromatic heterocycles. The van der Waals surface area contributed by atoms with Crippen LogP contribution in [-0.2, 0) is 13.6 Å². The standard InChI is InChI=1S/C15H14ClN3/c1-19-10-12-8-13(6-7-15(12)18-19)17-9-11-4-2-3-5-14(11)16/h2-8,10,17H,9H2,1H3. The number of hydrogen-bond acceptors (Lipinski definition) is 2. The SMILES string of the molecule is Cn1cc2cc(NCc3ccccc3Cl)ccc2n1. The van der Waals surface area contributed by atoms with Gasteiger partial charge in [-0.25, -0.2) is 0 Å². The molecule has 0 aliphatic carbocycles. The van der Waals surface area contributed by atoms with Crippen molar-refractivity contribution >= 4 is 28.2 Å². The maximum absolute atomic E-state index is 6.14. The minimum Gasteiger partial charge on any atom is -0.381 e. The van der Waals surface area contributed by atoms with Crippen LogP contribution < -0.4 is 5.32 Å². The molecule has 4 heteroatoms. The summed E-state index contributed by atoms with van der Waals surface area (Å²) in [4.78, 5) is 0. The Labute approximate surface area is 116 Å². The first-order chi connectivity index (χ1) is 9.22. The number of halogens is 1. The molecule has 0 spiro atoms. The van der Waals surface area contributed by atoms with E-state index in [4.69, 9.17) is 11.6 Å². The molecule has 0 atom stereocenters. The Morgan fingerprint density at radius 2 is 2.05 bits per heavy atom. The number of nitrogens with one attached hydrogen (secondary N) is 1. The minimum atomic E-state index is 0.714. The maximum Gasteiger partial charge on any atom is 0.0924 e. The third-order valence-corrected chi connectivity index (χ3v) is 3.43. The molecular weight excluding hydrogens is 258 g/mol. The second-order valence-electron chi connectivity index (χ2n) is 4.52. The van der Waals surface area contributed by atoms with Crippen molar-refractivity contribution in [1.29, 1.82) is 0 Å². The Hall–Kier alpha value is -2.00. The maximum atomic E-state index is 6.14. The van der Waals surface area contributed by atoms with Gasteiger partial charge in [-0.2, -0.15) is 5.10 Å². The van der Waals surface area contributed by atoms with E-state index in [1.807, 2.05) is 54.3 Å². The van der Waals surface area contributed by atoms with Crippen molar-refractivity contribution in [2.24, 2.45) is 7.05 Å². The van der Waals surface area contributed by atoms with Crippen LogP contribution in [0.1, 0.15) is 5.56 Å². The number of rotatable bonds is 3. The van der Waals surface area contributed by atoms with Gasteiger partial charge in [0.25, 0.3) is 0 Å². The van der Waals surface area contributed by atoms with Gasteiger partial charge >= 0.3 is 0 Å². The Morgan fingerprint density at radius 1 is 1.21 bits per heavy atom. The molecule has 0 saturated heterocycles. The lowest BCUT2D eigenvalue weighted by atomic mass is 10.2. The van der Waals surface area contributed by atoms with Gasteiger partial charge in [-0.3, -0.25) is 4.68 Å². The summed E-state index contributed by atoms with van der Waals surface area (Å²) in [5, 5.41) is 9.66. The quantitative estimate of drug-likeness (QED) is 0.784. The lowest BCUT2D eigenvalue weighted by Gasteiger charge is -2.07. The highest BCUT2D eigenvalue weighted by molar-refractivity contribution is 6.31. The molecule has 0 saturated carbocycles. The van der Waals surface area contributed by atoms with E-state index in [0.717, 1.165) is 27.2 Å². The van der Waals surface area contributed by atoms with Crippen molar-refractivity contribution in [3.05, 3.63) is 59.2 Å². The molecule has 0 radical (unpaired) electrons. The summed E-state index contributed by atoms with van der Waals surface area (Å²) in [5.74, 6) is 0. The summed E-state index contributed by atoms with van der Waals surface area (Å²) in [5.41, 5.74) is 3.17. The first kappa shape index (κ1) is 12.1. The van der Waals surface area contributed by atoms with Gasteiger partial charge < -0.3 is 5.32 Å². The highest BCUT2D eigenvalue weighted by Crippen LogP contribution is 2.20. The van der Waals surface area contributed by atoms with Crippen molar-refractivity contribution in [3.63, 3.8) is 0 Å². The predicted octanol–water partition coefficient (Wildman–Crippen LogP) is 3.84. The average Bonchev–Trinajstić information content (AvgIpc) is 2.77. The van der Waals surface area contributed by atoms with E-state index in [9.17, 15) is 0 Å². The van der Waals surface area contributed by atoms with Gasteiger partial charge in [0.05, 0.1) is 5.52 Å². The van der Waals surface area contributed by atoms with Gasteiger partial charge in [0.15, 0.2) is 0 Å². The fourth-order valence-corrected chi connectivity index (χ4v) is 2.30. The first-order valence-corrected chi connectivity index (χ1v) is 6.51. The van der Waals surface area contributed by atoms with Gasteiger partial charge in [-0.15, -0.1) is 0 Å². The number of aromatic nitrogens is 2. The second kappa shape index (κ2) is 4.94. The normalized spacial score (nSPS) is 10.8. The average molecular weight is 272 g/mol. The number of fused-ring (bicyclic) bond motifs is 1. The van der Waals surface area contributed by atoms with Crippen LogP contribution >= 0.6 is 11.6 Å². The molecule has 1 heterocycles. The summed E-state index contributed by atoms with van der Waals surface area (Å²) >= 11 is 6.14. The zero-order chi connectivity index (χ0) is 13.2. The lowest BCUT2D eigenvalue weighted by Crippen LogP contribution is -1.99. The van der Waals surface area contributed by atoms with Crippen LogP contribution in [0.4, 0.5) is 5.69 Å². The zero-order valence-corrected chi connectivity index (χ0v) is 11.4. The van der Waals surface area contributed by atoms with E-state index in [-0.39, 0.29) is 0 Å². The minimum absolute atomic E-state index is 0.714. The van der Waals surface area contributed by atoms with Crippen molar-refractivity contribution in [3.8, 4) is 0 Å². The van der Waals surface area contributed by atoms with Crippen LogP contribution in [0.3, 0.4) is 0 Å². The molecule has 0 amide bonds. The molecule has 3 aromatic rings. The number of hydrogen-bond donors (Lipinski definition) is 1. The molecule has 2 aromatic carbocycles. The van der Waals surface area contributed by atoms with Crippen LogP contribution in [0.25, 0.3) is 10.9 Å². The Balaban J connectivity index is 1.80. The molecule has 0 aliphatic heterocycles. The Kier molecular flexibility index (Phi) is 3.13. The van der Waals surface area contributed by atoms with E-state index in [1.165, 1.54) is 0 Å². The largest absolute Gasteiger partial charge is 0.381 e. The molecule has 0 unspecified atom stereocenters. The lowest BCUT2D eigenvalue weighted by molar-refractivity contribution is 0.780. The summed E-state index contributed by atoms with van der Waals surface area (Å²) < 4.78 is 1.82. The number of nitrogens with zero attached hydrogens (tertiary/aromatic N) is 2. The fraction of sp³-hybridized carbons (Fsp3) is 0.133. The van der Waals surface area contributed by atoms with E-state index in [0.29, 0.717) is 6.54 Å². The Bertz CT molecular complexity index is 718. The van der Waals surface area contributed by atoms with E-state index in [1.54, 1.807) is 0 Å². The number of anilines is 1. The van der Waals surface area contributed by atoms with Gasteiger partial charge in [0, 0.05) is 35.9 Å². The van der Waals surface area contributed by atoms with Crippen LogP contribution in [-0.4, -0.2) is 9.78 Å². The van der Waals surface area contributed by atoms with Gasteiger partial charge in [0.2, 0.25) is 0 Å². The Morgan fingerprint density at radius 3 is 2.89 bits per heavy atom. The molecule has 3 nitrogen and oxygen atoms in total. The molecule has 0 fully saturated rings. The topological polar surface area (TPSA) is 29.9 Å². The number of benzene rings is 2. The summed E-state index contributed by atoms with van der Waals surface area (Å²) in [6.07, 6.45) is 2.01. The summed E-state index contributed by atoms with van der Waals surface area (Å²) in [6.45, 7) is 0.714. The van der Waals surface area contributed by atoms with Crippen LogP contribution in [0.2, 0.25) is 5.02 Å². The fourth-order valence-electron chi connectivity index (χ4n) is 2.10. The smallest absolute Gasteiger partial charge is 0.0924 e. The monoisotopic (exact) mass is 271 g/mol. The van der Waals surface area contributed by atoms with Crippen molar-refractivity contribution in [2.45, 2.75) is 6.54 Å². The summed E-state index contributed by atoms with van der Waals surface area (Å²) in [6, 6.07) is 14.0. The molecule has 0 aliphatic rings. The highest BCUT2D eigenvalue weighted by Gasteiger charge is 2.02. The summed E-state index contributed by atoms with van der Waals surface area (Å²) in [7, 11) is 1.93. The van der Waals surface area contributed by atoms with Crippen LogP contribution in [0.15, 0.2) is 48.7 Å². The van der Waals surface area contributed by atoms with Crippen molar-refractivity contribution < 1.29 is 0 Å². The van der Waals surface area contributed by atoms with Gasteiger partial charge in [-0.1, -0.05) is 29.8 Å². The second-order valence-corrected chi connectivity index (χ2v) is 4.93.